The van der Waals surface area contributed by atoms with Crippen LogP contribution in [0.15, 0.2) is 23.2 Å². The Hall–Kier alpha value is -1.45. The third-order valence-electron chi connectivity index (χ3n) is 2.03. The molecule has 0 saturated heterocycles. The van der Waals surface area contributed by atoms with Gasteiger partial charge in [-0.05, 0) is 18.2 Å². The second-order valence-electron chi connectivity index (χ2n) is 3.66. The maximum atomic E-state index is 12.4. The van der Waals surface area contributed by atoms with Gasteiger partial charge in [-0.25, -0.2) is 4.99 Å². The summed E-state index contributed by atoms with van der Waals surface area (Å²) < 4.78 is 111. The molecule has 0 spiro atoms. The molecule has 0 heterocycles. The van der Waals surface area contributed by atoms with Crippen molar-refractivity contribution in [3.63, 3.8) is 0 Å². The van der Waals surface area contributed by atoms with Crippen molar-refractivity contribution in [2.45, 2.75) is 18.5 Å². The first-order chi connectivity index (χ1) is 9.21. The Morgan fingerprint density at radius 3 is 1.43 bits per heavy atom. The monoisotopic (exact) mass is 343 g/mol. The largest absolute Gasteiger partial charge is 0.444 e. The Morgan fingerprint density at radius 2 is 1.14 bits per heavy atom. The minimum absolute atomic E-state index is 0.0311. The van der Waals surface area contributed by atoms with Crippen LogP contribution in [-0.2, 0) is 12.4 Å². The zero-order valence-electron chi connectivity index (χ0n) is 9.46. The fourth-order valence-corrected chi connectivity index (χ4v) is 1.28. The lowest BCUT2D eigenvalue weighted by Crippen LogP contribution is -2.17. The average molecular weight is 344 g/mol. The molecule has 0 aliphatic carbocycles. The zero-order valence-corrected chi connectivity index (χ0v) is 10.2. The van der Waals surface area contributed by atoms with E-state index in [1.807, 2.05) is 0 Å². The van der Waals surface area contributed by atoms with Crippen molar-refractivity contribution in [2.75, 3.05) is 0 Å². The molecule has 118 valence electrons. The van der Waals surface area contributed by atoms with Crippen LogP contribution in [0, 0.1) is 0 Å². The molecule has 11 heteroatoms. The summed E-state index contributed by atoms with van der Waals surface area (Å²) in [6.07, 6.45) is -15.6. The highest BCUT2D eigenvalue weighted by molar-refractivity contribution is 6.67. The van der Waals surface area contributed by atoms with Gasteiger partial charge in [-0.3, -0.25) is 0 Å². The highest BCUT2D eigenvalue weighted by Crippen LogP contribution is 2.38. The first-order valence-electron chi connectivity index (χ1n) is 4.82. The lowest BCUT2D eigenvalue weighted by atomic mass is 10.1. The summed E-state index contributed by atoms with van der Waals surface area (Å²) in [6, 6.07) is -0.173. The molecule has 1 rings (SSSR count). The fraction of sp³-hybridized carbons (Fsp3) is 0.300. The van der Waals surface area contributed by atoms with E-state index >= 15 is 0 Å². The molecule has 0 N–H and O–H groups in total. The number of nitrogens with zero attached hydrogens (tertiary/aromatic N) is 1. The summed E-state index contributed by atoms with van der Waals surface area (Å²) >= 11 is 4.69. The predicted octanol–water partition coefficient (Wildman–Crippen LogP) is 5.56. The minimum Gasteiger partial charge on any atom is -0.232 e. The average Bonchev–Trinajstić information content (AvgIpc) is 2.24. The number of hydrogen-bond acceptors (Lipinski definition) is 1. The van der Waals surface area contributed by atoms with Crippen molar-refractivity contribution >= 4 is 22.5 Å². The van der Waals surface area contributed by atoms with Crippen LogP contribution >= 0.6 is 11.6 Å². The Labute approximate surface area is 116 Å². The molecule has 0 atom stereocenters. The summed E-state index contributed by atoms with van der Waals surface area (Å²) in [5.74, 6) is 0. The molecular formula is C10H3ClF9N. The Kier molecular flexibility index (Phi) is 4.52. The summed E-state index contributed by atoms with van der Waals surface area (Å²) in [7, 11) is 0. The van der Waals surface area contributed by atoms with E-state index in [-0.39, 0.29) is 18.2 Å². The van der Waals surface area contributed by atoms with Crippen molar-refractivity contribution in [2.24, 2.45) is 4.99 Å². The molecule has 0 amide bonds. The smallest absolute Gasteiger partial charge is 0.232 e. The Bertz CT molecular complexity index is 521. The van der Waals surface area contributed by atoms with E-state index in [0.717, 1.165) is 0 Å². The number of halogens is 10. The van der Waals surface area contributed by atoms with Crippen molar-refractivity contribution < 1.29 is 39.5 Å². The SMILES string of the molecule is FC(F)(F)C(Cl)=Nc1cc(C(F)(F)F)cc(C(F)(F)F)c1. The number of benzene rings is 1. The van der Waals surface area contributed by atoms with Gasteiger partial charge in [0, 0.05) is 0 Å². The van der Waals surface area contributed by atoms with Gasteiger partial charge in [0.2, 0.25) is 5.17 Å². The highest BCUT2D eigenvalue weighted by atomic mass is 35.5. The molecule has 0 saturated carbocycles. The molecule has 0 aliphatic heterocycles. The van der Waals surface area contributed by atoms with E-state index < -0.39 is 40.5 Å². The minimum atomic E-state index is -5.19. The lowest BCUT2D eigenvalue weighted by molar-refractivity contribution is -0.143. The van der Waals surface area contributed by atoms with Crippen LogP contribution in [0.1, 0.15) is 11.1 Å². The third kappa shape index (κ3) is 4.80. The normalized spacial score (nSPS) is 14.5. The summed E-state index contributed by atoms with van der Waals surface area (Å²) in [4.78, 5) is 2.54. The van der Waals surface area contributed by atoms with Crippen LogP contribution in [0.3, 0.4) is 0 Å². The van der Waals surface area contributed by atoms with Crippen LogP contribution in [-0.4, -0.2) is 11.3 Å². The molecule has 0 unspecified atom stereocenters. The van der Waals surface area contributed by atoms with Crippen molar-refractivity contribution in [3.8, 4) is 0 Å². The molecular weight excluding hydrogens is 341 g/mol. The van der Waals surface area contributed by atoms with Crippen LogP contribution in [0.5, 0.6) is 0 Å². The van der Waals surface area contributed by atoms with Crippen molar-refractivity contribution in [3.05, 3.63) is 29.3 Å². The van der Waals surface area contributed by atoms with Crippen LogP contribution < -0.4 is 0 Å². The first kappa shape index (κ1) is 17.6. The van der Waals surface area contributed by atoms with Gasteiger partial charge in [0.1, 0.15) is 0 Å². The number of aliphatic imine (C=N–C) groups is 1. The van der Waals surface area contributed by atoms with E-state index in [9.17, 15) is 39.5 Å². The van der Waals surface area contributed by atoms with Gasteiger partial charge in [-0.1, -0.05) is 11.6 Å². The van der Waals surface area contributed by atoms with Gasteiger partial charge in [-0.2, -0.15) is 39.5 Å². The van der Waals surface area contributed by atoms with E-state index in [2.05, 4.69) is 16.6 Å². The number of alkyl halides is 9. The maximum absolute atomic E-state index is 12.4. The summed E-state index contributed by atoms with van der Waals surface area (Å²) in [6.45, 7) is 0. The third-order valence-corrected chi connectivity index (χ3v) is 2.33. The number of rotatable bonds is 1. The summed E-state index contributed by atoms with van der Waals surface area (Å²) in [5.41, 5.74) is -4.79. The second-order valence-corrected chi connectivity index (χ2v) is 4.02. The van der Waals surface area contributed by atoms with Crippen molar-refractivity contribution in [1.82, 2.24) is 0 Å². The van der Waals surface area contributed by atoms with Gasteiger partial charge >= 0.3 is 18.5 Å². The maximum Gasteiger partial charge on any atom is 0.444 e. The van der Waals surface area contributed by atoms with Crippen LogP contribution in [0.2, 0.25) is 0 Å². The second kappa shape index (κ2) is 5.39. The molecule has 1 nitrogen and oxygen atoms in total. The topological polar surface area (TPSA) is 12.4 Å². The fourth-order valence-electron chi connectivity index (χ4n) is 1.18. The Balaban J connectivity index is 3.47. The van der Waals surface area contributed by atoms with Crippen LogP contribution in [0.4, 0.5) is 45.2 Å². The molecule has 21 heavy (non-hydrogen) atoms. The van der Waals surface area contributed by atoms with Crippen molar-refractivity contribution in [1.29, 1.82) is 0 Å². The van der Waals surface area contributed by atoms with Gasteiger partial charge in [0.15, 0.2) is 0 Å². The first-order valence-corrected chi connectivity index (χ1v) is 5.20. The van der Waals surface area contributed by atoms with E-state index in [4.69, 9.17) is 0 Å². The molecule has 1 aromatic carbocycles. The van der Waals surface area contributed by atoms with Gasteiger partial charge in [0.05, 0.1) is 16.8 Å². The van der Waals surface area contributed by atoms with Crippen LogP contribution in [0.25, 0.3) is 0 Å². The summed E-state index contributed by atoms with van der Waals surface area (Å²) in [5, 5.41) is -2.09. The molecule has 0 bridgehead atoms. The zero-order chi connectivity index (χ0) is 16.6. The van der Waals surface area contributed by atoms with E-state index in [1.54, 1.807) is 0 Å². The van der Waals surface area contributed by atoms with E-state index in [1.165, 1.54) is 0 Å². The highest BCUT2D eigenvalue weighted by Gasteiger charge is 2.38. The molecule has 0 aromatic heterocycles. The molecule has 0 aliphatic rings. The standard InChI is InChI=1S/C10H3ClF9N/c11-7(10(18,19)20)21-6-2-4(8(12,13)14)1-5(3-6)9(15,16)17/h1-3H. The van der Waals surface area contributed by atoms with E-state index in [0.29, 0.717) is 0 Å². The molecule has 0 radical (unpaired) electrons. The lowest BCUT2D eigenvalue weighted by Gasteiger charge is -2.13. The molecule has 1 aromatic rings. The predicted molar refractivity (Wildman–Crippen MR) is 55.4 cm³/mol. The number of hydrogen-bond donors (Lipinski definition) is 0. The molecule has 0 fully saturated rings. The van der Waals surface area contributed by atoms with Gasteiger partial charge in [-0.15, -0.1) is 0 Å². The Morgan fingerprint density at radius 1 is 0.762 bits per heavy atom. The van der Waals surface area contributed by atoms with Gasteiger partial charge in [0.25, 0.3) is 0 Å². The van der Waals surface area contributed by atoms with Gasteiger partial charge < -0.3 is 0 Å². The quantitative estimate of drug-likeness (QED) is 0.468.